The van der Waals surface area contributed by atoms with Gasteiger partial charge in [-0.25, -0.2) is 8.78 Å². The summed E-state index contributed by atoms with van der Waals surface area (Å²) >= 11 is 0. The van der Waals surface area contributed by atoms with Crippen molar-refractivity contribution in [1.82, 2.24) is 9.88 Å². The van der Waals surface area contributed by atoms with E-state index in [1.807, 2.05) is 37.3 Å². The van der Waals surface area contributed by atoms with Gasteiger partial charge in [-0.2, -0.15) is 0 Å². The maximum Gasteiger partial charge on any atom is 0.252 e. The van der Waals surface area contributed by atoms with Gasteiger partial charge in [0.2, 0.25) is 5.91 Å². The number of aromatic nitrogens is 1. The number of aromatic amines is 1. The summed E-state index contributed by atoms with van der Waals surface area (Å²) in [7, 11) is 0. The van der Waals surface area contributed by atoms with Crippen LogP contribution in [0.3, 0.4) is 0 Å². The van der Waals surface area contributed by atoms with Gasteiger partial charge in [-0.05, 0) is 48.8 Å². The quantitative estimate of drug-likeness (QED) is 0.701. The largest absolute Gasteiger partial charge is 0.322 e. The summed E-state index contributed by atoms with van der Waals surface area (Å²) in [4.78, 5) is 29.3. The second-order valence-corrected chi connectivity index (χ2v) is 7.41. The maximum absolute atomic E-state index is 14.3. The molecular weight excluding hydrogens is 386 g/mol. The van der Waals surface area contributed by atoms with E-state index in [9.17, 15) is 18.4 Å². The predicted octanol–water partition coefficient (Wildman–Crippen LogP) is 4.41. The monoisotopic (exact) mass is 406 g/mol. The van der Waals surface area contributed by atoms with Crippen molar-refractivity contribution in [2.75, 3.05) is 6.54 Å². The Morgan fingerprint density at radius 1 is 1.17 bits per heavy atom. The summed E-state index contributed by atoms with van der Waals surface area (Å²) in [6, 6.07) is 10.4. The van der Waals surface area contributed by atoms with E-state index in [2.05, 4.69) is 11.1 Å². The first-order valence-corrected chi connectivity index (χ1v) is 9.59. The fraction of sp³-hybridized carbons (Fsp3) is 0.167. The number of carbonyl (C=O) groups is 1. The van der Waals surface area contributed by atoms with Gasteiger partial charge in [0, 0.05) is 23.7 Å². The lowest BCUT2D eigenvalue weighted by molar-refractivity contribution is -0.127. The minimum Gasteiger partial charge on any atom is -0.322 e. The number of carbonyl (C=O) groups excluding carboxylic acids is 1. The van der Waals surface area contributed by atoms with Gasteiger partial charge < -0.3 is 9.88 Å². The number of hydrogen-bond acceptors (Lipinski definition) is 2. The Balaban J connectivity index is 1.58. The first kappa shape index (κ1) is 19.8. The van der Waals surface area contributed by atoms with Crippen LogP contribution in [0, 0.1) is 25.5 Å². The van der Waals surface area contributed by atoms with Crippen LogP contribution in [0.25, 0.3) is 16.5 Å². The molecule has 0 bridgehead atoms. The van der Waals surface area contributed by atoms with E-state index in [1.165, 1.54) is 17.9 Å². The highest BCUT2D eigenvalue weighted by atomic mass is 19.2. The van der Waals surface area contributed by atoms with Crippen molar-refractivity contribution >= 4 is 22.4 Å². The molecule has 1 aliphatic heterocycles. The van der Waals surface area contributed by atoms with Gasteiger partial charge in [0.15, 0.2) is 11.6 Å². The van der Waals surface area contributed by atoms with E-state index < -0.39 is 17.2 Å². The molecule has 2 aromatic carbocycles. The third-order valence-electron chi connectivity index (χ3n) is 5.39. The molecule has 0 saturated heterocycles. The van der Waals surface area contributed by atoms with Crippen molar-refractivity contribution < 1.29 is 13.6 Å². The minimum atomic E-state index is -1.03. The number of pyridine rings is 1. The summed E-state index contributed by atoms with van der Waals surface area (Å²) in [6.07, 6.45) is 5.28. The van der Waals surface area contributed by atoms with Crippen LogP contribution in [0.15, 0.2) is 59.5 Å². The summed E-state index contributed by atoms with van der Waals surface area (Å²) in [5.41, 5.74) is 3.37. The lowest BCUT2D eigenvalue weighted by atomic mass is 10.00. The predicted molar refractivity (Wildman–Crippen MR) is 113 cm³/mol. The molecule has 0 spiro atoms. The molecule has 4 nitrogen and oxygen atoms in total. The minimum absolute atomic E-state index is 0.00628. The molecule has 0 saturated carbocycles. The van der Waals surface area contributed by atoms with Crippen molar-refractivity contribution in [3.05, 3.63) is 99.0 Å². The molecule has 6 heteroatoms. The molecule has 1 aromatic heterocycles. The molecule has 3 aromatic rings. The van der Waals surface area contributed by atoms with E-state index in [1.54, 1.807) is 6.20 Å². The fourth-order valence-corrected chi connectivity index (χ4v) is 3.73. The summed E-state index contributed by atoms with van der Waals surface area (Å²) in [6.45, 7) is 3.92. The van der Waals surface area contributed by atoms with Crippen LogP contribution in [0.2, 0.25) is 0 Å². The number of nitrogens with zero attached hydrogens (tertiary/aromatic N) is 1. The highest BCUT2D eigenvalue weighted by molar-refractivity contribution is 5.87. The molecule has 30 heavy (non-hydrogen) atoms. The number of allylic oxidation sites excluding steroid dienone is 2. The van der Waals surface area contributed by atoms with Crippen molar-refractivity contribution in [3.63, 3.8) is 0 Å². The van der Waals surface area contributed by atoms with E-state index in [4.69, 9.17) is 0 Å². The van der Waals surface area contributed by atoms with E-state index in [-0.39, 0.29) is 34.4 Å². The number of H-pyrrole nitrogens is 1. The van der Waals surface area contributed by atoms with Crippen molar-refractivity contribution in [1.29, 1.82) is 0 Å². The van der Waals surface area contributed by atoms with Gasteiger partial charge >= 0.3 is 0 Å². The average Bonchev–Trinajstić information content (AvgIpc) is 2.73. The Bertz CT molecular complexity index is 1290. The van der Waals surface area contributed by atoms with Crippen LogP contribution >= 0.6 is 0 Å². The van der Waals surface area contributed by atoms with Gasteiger partial charge in [0.25, 0.3) is 5.56 Å². The number of rotatable bonds is 3. The molecular formula is C24H20F2N2O2. The van der Waals surface area contributed by atoms with Crippen LogP contribution < -0.4 is 5.56 Å². The molecule has 0 atom stereocenters. The summed E-state index contributed by atoms with van der Waals surface area (Å²) in [5.74, 6) is -2.32. The van der Waals surface area contributed by atoms with Gasteiger partial charge in [-0.3, -0.25) is 9.59 Å². The molecule has 2 heterocycles. The van der Waals surface area contributed by atoms with E-state index in [0.717, 1.165) is 22.8 Å². The number of benzene rings is 2. The van der Waals surface area contributed by atoms with E-state index >= 15 is 0 Å². The van der Waals surface area contributed by atoms with Gasteiger partial charge in [-0.1, -0.05) is 35.9 Å². The molecule has 0 unspecified atom stereocenters. The number of amides is 1. The van der Waals surface area contributed by atoms with Crippen molar-refractivity contribution in [2.45, 2.75) is 20.3 Å². The normalized spacial score (nSPS) is 13.6. The lowest BCUT2D eigenvalue weighted by Gasteiger charge is -2.21. The first-order valence-electron chi connectivity index (χ1n) is 9.59. The first-order chi connectivity index (χ1) is 14.3. The Hall–Kier alpha value is -3.54. The van der Waals surface area contributed by atoms with Crippen LogP contribution in [-0.4, -0.2) is 22.3 Å². The van der Waals surface area contributed by atoms with Gasteiger partial charge in [-0.15, -0.1) is 0 Å². The Labute approximate surface area is 172 Å². The number of halogens is 2. The van der Waals surface area contributed by atoms with E-state index in [0.29, 0.717) is 6.54 Å². The molecule has 1 aliphatic rings. The van der Waals surface area contributed by atoms with Crippen LogP contribution in [0.1, 0.15) is 22.3 Å². The standard InChI is InChI=1S/C24H20F2N2O2/c1-14-4-3-5-17(12-14)16-8-10-28(11-9-16)21(29)13-18-15(2)22-20(27-24(18)30)7-6-19(25)23(22)26/h3-10,12H,11,13H2,1-2H3,(H,27,30). The third-order valence-corrected chi connectivity index (χ3v) is 5.39. The SMILES string of the molecule is Cc1cccc(C2=CCN(C(=O)Cc3c(C)c4c(F)c(F)ccc4[nH]c3=O)C=C2)c1. The van der Waals surface area contributed by atoms with Crippen LogP contribution in [0.5, 0.6) is 0 Å². The highest BCUT2D eigenvalue weighted by Gasteiger charge is 2.20. The van der Waals surface area contributed by atoms with Crippen molar-refractivity contribution in [3.8, 4) is 0 Å². The zero-order valence-electron chi connectivity index (χ0n) is 16.6. The smallest absolute Gasteiger partial charge is 0.252 e. The fourth-order valence-electron chi connectivity index (χ4n) is 3.73. The Morgan fingerprint density at radius 2 is 1.97 bits per heavy atom. The van der Waals surface area contributed by atoms with Crippen LogP contribution in [0.4, 0.5) is 8.78 Å². The maximum atomic E-state index is 14.3. The lowest BCUT2D eigenvalue weighted by Crippen LogP contribution is -2.31. The number of hydrogen-bond donors (Lipinski definition) is 1. The number of fused-ring (bicyclic) bond motifs is 1. The second kappa shape index (κ2) is 7.71. The Morgan fingerprint density at radius 3 is 2.67 bits per heavy atom. The molecule has 4 rings (SSSR count). The number of nitrogens with one attached hydrogen (secondary N) is 1. The molecule has 152 valence electrons. The molecule has 0 fully saturated rings. The van der Waals surface area contributed by atoms with Gasteiger partial charge in [0.1, 0.15) is 0 Å². The molecule has 0 aliphatic carbocycles. The average molecular weight is 406 g/mol. The topological polar surface area (TPSA) is 53.2 Å². The zero-order valence-corrected chi connectivity index (χ0v) is 16.6. The van der Waals surface area contributed by atoms with Crippen molar-refractivity contribution in [2.24, 2.45) is 0 Å². The summed E-state index contributed by atoms with van der Waals surface area (Å²) < 4.78 is 27.9. The third kappa shape index (κ3) is 3.56. The van der Waals surface area contributed by atoms with Crippen LogP contribution in [-0.2, 0) is 11.2 Å². The second-order valence-electron chi connectivity index (χ2n) is 7.41. The van der Waals surface area contributed by atoms with Gasteiger partial charge in [0.05, 0.1) is 11.9 Å². The summed E-state index contributed by atoms with van der Waals surface area (Å²) in [5, 5.41) is -0.00628. The molecule has 1 amide bonds. The number of aryl methyl sites for hydroxylation is 2. The highest BCUT2D eigenvalue weighted by Crippen LogP contribution is 2.24. The molecule has 0 radical (unpaired) electrons. The zero-order chi connectivity index (χ0) is 21.4. The Kier molecular flexibility index (Phi) is 5.08. The molecule has 1 N–H and O–H groups in total.